The van der Waals surface area contributed by atoms with E-state index in [1.54, 1.807) is 0 Å². The summed E-state index contributed by atoms with van der Waals surface area (Å²) in [6.45, 7) is 2.09. The molecular formula is C11H15BrClN. The van der Waals surface area contributed by atoms with Crippen molar-refractivity contribution in [2.75, 3.05) is 0 Å². The molecule has 2 rings (SSSR count). The predicted octanol–water partition coefficient (Wildman–Crippen LogP) is 3.59. The second-order valence-corrected chi connectivity index (χ2v) is 4.73. The van der Waals surface area contributed by atoms with Gasteiger partial charge in [-0.25, -0.2) is 0 Å². The van der Waals surface area contributed by atoms with E-state index in [0.717, 1.165) is 5.92 Å². The van der Waals surface area contributed by atoms with Crippen molar-refractivity contribution in [2.45, 2.75) is 25.8 Å². The largest absolute Gasteiger partial charge is 0.324 e. The molecule has 14 heavy (non-hydrogen) atoms. The highest BCUT2D eigenvalue weighted by atomic mass is 79.9. The normalized spacial score (nSPS) is 17.4. The fourth-order valence-corrected chi connectivity index (χ4v) is 1.94. The third kappa shape index (κ3) is 2.50. The Balaban J connectivity index is 0.000000980. The van der Waals surface area contributed by atoms with Crippen molar-refractivity contribution in [1.29, 1.82) is 0 Å². The molecule has 0 spiro atoms. The molecule has 0 unspecified atom stereocenters. The first-order valence-corrected chi connectivity index (χ1v) is 5.49. The van der Waals surface area contributed by atoms with Crippen molar-refractivity contribution in [3.8, 4) is 0 Å². The van der Waals surface area contributed by atoms with Gasteiger partial charge in [-0.3, -0.25) is 0 Å². The van der Waals surface area contributed by atoms with Crippen LogP contribution in [0.2, 0.25) is 0 Å². The van der Waals surface area contributed by atoms with Gasteiger partial charge in [0.1, 0.15) is 0 Å². The van der Waals surface area contributed by atoms with E-state index >= 15 is 0 Å². The number of hydrogen-bond donors (Lipinski definition) is 1. The van der Waals surface area contributed by atoms with Crippen LogP contribution in [0.4, 0.5) is 0 Å². The number of benzene rings is 1. The number of hydrogen-bond acceptors (Lipinski definition) is 1. The molecule has 3 heteroatoms. The lowest BCUT2D eigenvalue weighted by atomic mass is 10.0. The average molecular weight is 277 g/mol. The monoisotopic (exact) mass is 275 g/mol. The SMILES string of the molecule is Cc1ccc([C@@H](N)C2CC2)cc1Br.Cl. The maximum Gasteiger partial charge on any atom is 0.0323 e. The maximum absolute atomic E-state index is 6.10. The first-order valence-electron chi connectivity index (χ1n) is 4.70. The fraction of sp³-hybridized carbons (Fsp3) is 0.455. The van der Waals surface area contributed by atoms with Gasteiger partial charge in [-0.15, -0.1) is 12.4 Å². The average Bonchev–Trinajstić information content (AvgIpc) is 2.91. The van der Waals surface area contributed by atoms with Crippen LogP contribution < -0.4 is 5.73 Å². The standard InChI is InChI=1S/C11H14BrN.ClH/c1-7-2-3-9(6-10(7)12)11(13)8-4-5-8;/h2-3,6,8,11H,4-5,13H2,1H3;1H/t11-;/m0./s1. The third-order valence-electron chi connectivity index (χ3n) is 2.71. The van der Waals surface area contributed by atoms with E-state index in [4.69, 9.17) is 5.73 Å². The Labute approximate surface area is 99.6 Å². The van der Waals surface area contributed by atoms with Gasteiger partial charge < -0.3 is 5.73 Å². The zero-order valence-corrected chi connectivity index (χ0v) is 10.6. The first-order chi connectivity index (χ1) is 6.18. The molecule has 78 valence electrons. The van der Waals surface area contributed by atoms with Gasteiger partial charge in [0.25, 0.3) is 0 Å². The van der Waals surface area contributed by atoms with Gasteiger partial charge in [-0.1, -0.05) is 28.1 Å². The van der Waals surface area contributed by atoms with Crippen LogP contribution in [0, 0.1) is 12.8 Å². The van der Waals surface area contributed by atoms with Gasteiger partial charge in [-0.2, -0.15) is 0 Å². The van der Waals surface area contributed by atoms with Crippen LogP contribution in [0.5, 0.6) is 0 Å². The van der Waals surface area contributed by atoms with E-state index in [1.807, 2.05) is 0 Å². The summed E-state index contributed by atoms with van der Waals surface area (Å²) in [5, 5.41) is 0. The van der Waals surface area contributed by atoms with Crippen molar-refractivity contribution in [2.24, 2.45) is 11.7 Å². The second kappa shape index (κ2) is 4.65. The molecule has 0 radical (unpaired) electrons. The van der Waals surface area contributed by atoms with Gasteiger partial charge in [0.05, 0.1) is 0 Å². The summed E-state index contributed by atoms with van der Waals surface area (Å²) < 4.78 is 1.17. The smallest absolute Gasteiger partial charge is 0.0323 e. The molecule has 0 heterocycles. The van der Waals surface area contributed by atoms with E-state index in [-0.39, 0.29) is 18.4 Å². The van der Waals surface area contributed by atoms with Crippen LogP contribution in [0.15, 0.2) is 22.7 Å². The van der Waals surface area contributed by atoms with Crippen molar-refractivity contribution in [3.05, 3.63) is 33.8 Å². The molecule has 0 aromatic heterocycles. The lowest BCUT2D eigenvalue weighted by molar-refractivity contribution is 0.633. The van der Waals surface area contributed by atoms with Crippen LogP contribution >= 0.6 is 28.3 Å². The minimum absolute atomic E-state index is 0. The molecule has 1 atom stereocenters. The molecule has 1 aliphatic rings. The Hall–Kier alpha value is -0.0500. The highest BCUT2D eigenvalue weighted by Crippen LogP contribution is 2.39. The molecule has 1 aliphatic carbocycles. The van der Waals surface area contributed by atoms with E-state index in [1.165, 1.54) is 28.4 Å². The van der Waals surface area contributed by atoms with Crippen molar-refractivity contribution < 1.29 is 0 Å². The molecule has 1 fully saturated rings. The molecular weight excluding hydrogens is 261 g/mol. The summed E-state index contributed by atoms with van der Waals surface area (Å²) in [4.78, 5) is 0. The summed E-state index contributed by atoms with van der Waals surface area (Å²) in [7, 11) is 0. The van der Waals surface area contributed by atoms with Crippen molar-refractivity contribution >= 4 is 28.3 Å². The maximum atomic E-state index is 6.10. The van der Waals surface area contributed by atoms with Gasteiger partial charge in [-0.05, 0) is 42.9 Å². The Morgan fingerprint density at radius 3 is 2.57 bits per heavy atom. The van der Waals surface area contributed by atoms with Gasteiger partial charge >= 0.3 is 0 Å². The van der Waals surface area contributed by atoms with E-state index in [2.05, 4.69) is 41.1 Å². The first kappa shape index (κ1) is 12.0. The Morgan fingerprint density at radius 1 is 1.43 bits per heavy atom. The Morgan fingerprint density at radius 2 is 2.07 bits per heavy atom. The van der Waals surface area contributed by atoms with Crippen LogP contribution in [-0.2, 0) is 0 Å². The zero-order valence-electron chi connectivity index (χ0n) is 8.16. The van der Waals surface area contributed by atoms with Crippen LogP contribution in [-0.4, -0.2) is 0 Å². The summed E-state index contributed by atoms with van der Waals surface area (Å²) in [6, 6.07) is 6.67. The topological polar surface area (TPSA) is 26.0 Å². The molecule has 2 N–H and O–H groups in total. The van der Waals surface area contributed by atoms with Gasteiger partial charge in [0, 0.05) is 10.5 Å². The van der Waals surface area contributed by atoms with Crippen molar-refractivity contribution in [1.82, 2.24) is 0 Å². The number of halogens is 2. The minimum atomic E-state index is 0. The molecule has 0 saturated heterocycles. The lowest BCUT2D eigenvalue weighted by Crippen LogP contribution is -2.12. The highest BCUT2D eigenvalue weighted by Gasteiger charge is 2.29. The van der Waals surface area contributed by atoms with Crippen molar-refractivity contribution in [3.63, 3.8) is 0 Å². The lowest BCUT2D eigenvalue weighted by Gasteiger charge is -2.11. The second-order valence-electron chi connectivity index (χ2n) is 3.87. The van der Waals surface area contributed by atoms with Crippen LogP contribution in [0.25, 0.3) is 0 Å². The van der Waals surface area contributed by atoms with E-state index in [9.17, 15) is 0 Å². The summed E-state index contributed by atoms with van der Waals surface area (Å²) in [6.07, 6.45) is 2.60. The highest BCUT2D eigenvalue weighted by molar-refractivity contribution is 9.10. The zero-order chi connectivity index (χ0) is 9.42. The van der Waals surface area contributed by atoms with Gasteiger partial charge in [0.15, 0.2) is 0 Å². The van der Waals surface area contributed by atoms with Gasteiger partial charge in [0.2, 0.25) is 0 Å². The van der Waals surface area contributed by atoms with E-state index < -0.39 is 0 Å². The number of nitrogens with two attached hydrogens (primary N) is 1. The molecule has 0 bridgehead atoms. The third-order valence-corrected chi connectivity index (χ3v) is 3.57. The molecule has 1 aromatic rings. The number of aryl methyl sites for hydroxylation is 1. The molecule has 1 aromatic carbocycles. The molecule has 0 aliphatic heterocycles. The van der Waals surface area contributed by atoms with Crippen LogP contribution in [0.1, 0.15) is 30.0 Å². The quantitative estimate of drug-likeness (QED) is 0.878. The van der Waals surface area contributed by atoms with E-state index in [0.29, 0.717) is 0 Å². The summed E-state index contributed by atoms with van der Waals surface area (Å²) >= 11 is 3.53. The predicted molar refractivity (Wildman–Crippen MR) is 65.8 cm³/mol. The fourth-order valence-electron chi connectivity index (χ4n) is 1.54. The minimum Gasteiger partial charge on any atom is -0.324 e. The molecule has 1 nitrogen and oxygen atoms in total. The summed E-state index contributed by atoms with van der Waals surface area (Å²) in [5.74, 6) is 0.731. The Bertz CT molecular complexity index is 323. The Kier molecular flexibility index (Phi) is 3.99. The van der Waals surface area contributed by atoms with Crippen LogP contribution in [0.3, 0.4) is 0 Å². The molecule has 1 saturated carbocycles. The molecule has 0 amide bonds. The number of rotatable bonds is 2. The summed E-state index contributed by atoms with van der Waals surface area (Å²) in [5.41, 5.74) is 8.63.